The monoisotopic (exact) mass is 390 g/mol. The highest BCUT2D eigenvalue weighted by Gasteiger charge is 2.24. The van der Waals surface area contributed by atoms with E-state index >= 15 is 0 Å². The first-order valence-corrected chi connectivity index (χ1v) is 10.4. The highest BCUT2D eigenvalue weighted by atomic mass is 32.2. The fraction of sp³-hybridized carbons (Fsp3) is 0.280. The lowest BCUT2D eigenvalue weighted by Gasteiger charge is -2.34. The van der Waals surface area contributed by atoms with E-state index in [-0.39, 0.29) is 7.43 Å². The third kappa shape index (κ3) is 4.26. The lowest BCUT2D eigenvalue weighted by Crippen LogP contribution is -2.26. The van der Waals surface area contributed by atoms with Crippen LogP contribution in [0.15, 0.2) is 76.5 Å². The molecular formula is C25H30N2S. The van der Waals surface area contributed by atoms with Crippen molar-refractivity contribution in [1.82, 2.24) is 5.32 Å². The maximum atomic E-state index is 3.58. The molecule has 146 valence electrons. The molecule has 1 heterocycles. The summed E-state index contributed by atoms with van der Waals surface area (Å²) in [5.41, 5.74) is 6.83. The average Bonchev–Trinajstić information content (AvgIpc) is 2.71. The van der Waals surface area contributed by atoms with E-state index in [1.165, 1.54) is 37.9 Å². The molecule has 3 aromatic rings. The van der Waals surface area contributed by atoms with E-state index in [1.807, 2.05) is 11.8 Å². The molecule has 3 heteroatoms. The van der Waals surface area contributed by atoms with Gasteiger partial charge in [-0.2, -0.15) is 0 Å². The molecule has 28 heavy (non-hydrogen) atoms. The molecule has 2 nitrogen and oxygen atoms in total. The molecule has 0 atom stereocenters. The lowest BCUT2D eigenvalue weighted by atomic mass is 10.1. The molecule has 0 amide bonds. The standard InChI is InChI=1S/C24H26N2S.CH4/c1-18-13-14-23-24(19(18)2)26(21-11-6-7-12-22(21)27-23)16-8-15-25-17-20-9-4-3-5-10-20;/h3-7,9-14,25H,8,15-17H2,1-2H3;1H4. The van der Waals surface area contributed by atoms with Gasteiger partial charge in [-0.05, 0) is 61.7 Å². The third-order valence-electron chi connectivity index (χ3n) is 5.22. The molecule has 0 radical (unpaired) electrons. The molecular weight excluding hydrogens is 360 g/mol. The SMILES string of the molecule is C.Cc1ccc2c(c1C)N(CCCNCc1ccccc1)c1ccccc1S2. The summed E-state index contributed by atoms with van der Waals surface area (Å²) in [5, 5.41) is 3.58. The Kier molecular flexibility index (Phi) is 6.82. The zero-order valence-corrected chi connectivity index (χ0v) is 16.9. The van der Waals surface area contributed by atoms with Crippen LogP contribution in [0, 0.1) is 13.8 Å². The minimum Gasteiger partial charge on any atom is -0.339 e. The third-order valence-corrected chi connectivity index (χ3v) is 6.33. The number of fused-ring (bicyclic) bond motifs is 2. The first-order chi connectivity index (χ1) is 13.2. The molecule has 1 aliphatic rings. The largest absolute Gasteiger partial charge is 0.339 e. The fourth-order valence-electron chi connectivity index (χ4n) is 3.62. The second-order valence-corrected chi connectivity index (χ2v) is 8.18. The zero-order chi connectivity index (χ0) is 18.6. The van der Waals surface area contributed by atoms with Crippen LogP contribution < -0.4 is 10.2 Å². The highest BCUT2D eigenvalue weighted by molar-refractivity contribution is 7.99. The van der Waals surface area contributed by atoms with Crippen molar-refractivity contribution < 1.29 is 0 Å². The maximum absolute atomic E-state index is 3.58. The first kappa shape index (κ1) is 20.5. The molecule has 3 aromatic carbocycles. The van der Waals surface area contributed by atoms with Crippen LogP contribution in [0.4, 0.5) is 11.4 Å². The van der Waals surface area contributed by atoms with Gasteiger partial charge in [-0.15, -0.1) is 0 Å². The van der Waals surface area contributed by atoms with Crippen LogP contribution in [-0.2, 0) is 6.54 Å². The first-order valence-electron chi connectivity index (χ1n) is 9.63. The summed E-state index contributed by atoms with van der Waals surface area (Å²) >= 11 is 1.89. The van der Waals surface area contributed by atoms with Crippen LogP contribution in [0.3, 0.4) is 0 Å². The van der Waals surface area contributed by atoms with Gasteiger partial charge >= 0.3 is 0 Å². The van der Waals surface area contributed by atoms with E-state index in [1.54, 1.807) is 0 Å². The van der Waals surface area contributed by atoms with Crippen molar-refractivity contribution in [1.29, 1.82) is 0 Å². The zero-order valence-electron chi connectivity index (χ0n) is 16.0. The molecule has 0 aromatic heterocycles. The van der Waals surface area contributed by atoms with E-state index < -0.39 is 0 Å². The number of hydrogen-bond acceptors (Lipinski definition) is 3. The fourth-order valence-corrected chi connectivity index (χ4v) is 4.78. The van der Waals surface area contributed by atoms with E-state index in [9.17, 15) is 0 Å². The van der Waals surface area contributed by atoms with Gasteiger partial charge in [0.25, 0.3) is 0 Å². The number of aryl methyl sites for hydroxylation is 1. The van der Waals surface area contributed by atoms with Crippen LogP contribution >= 0.6 is 11.8 Å². The van der Waals surface area contributed by atoms with E-state index in [4.69, 9.17) is 0 Å². The molecule has 0 saturated heterocycles. The summed E-state index contributed by atoms with van der Waals surface area (Å²) in [7, 11) is 0. The minimum atomic E-state index is 0. The Morgan fingerprint density at radius 1 is 0.857 bits per heavy atom. The summed E-state index contributed by atoms with van der Waals surface area (Å²) in [4.78, 5) is 5.24. The number of para-hydroxylation sites is 1. The quantitative estimate of drug-likeness (QED) is 0.470. The molecule has 1 N–H and O–H groups in total. The van der Waals surface area contributed by atoms with E-state index in [2.05, 4.69) is 90.8 Å². The van der Waals surface area contributed by atoms with Crippen LogP contribution in [0.25, 0.3) is 0 Å². The number of nitrogens with zero attached hydrogens (tertiary/aromatic N) is 1. The van der Waals surface area contributed by atoms with Crippen molar-refractivity contribution >= 4 is 23.1 Å². The van der Waals surface area contributed by atoms with Gasteiger partial charge in [0.05, 0.1) is 11.4 Å². The van der Waals surface area contributed by atoms with Crippen LogP contribution in [0.1, 0.15) is 30.5 Å². The van der Waals surface area contributed by atoms with Gasteiger partial charge in [0.2, 0.25) is 0 Å². The maximum Gasteiger partial charge on any atom is 0.0585 e. The summed E-state index contributed by atoms with van der Waals surface area (Å²) in [5.74, 6) is 0. The topological polar surface area (TPSA) is 15.3 Å². The Morgan fingerprint density at radius 3 is 2.43 bits per heavy atom. The Hall–Kier alpha value is -2.23. The van der Waals surface area contributed by atoms with Crippen molar-refractivity contribution in [2.45, 2.75) is 44.0 Å². The van der Waals surface area contributed by atoms with Gasteiger partial charge in [-0.1, -0.05) is 67.7 Å². The van der Waals surface area contributed by atoms with Crippen molar-refractivity contribution in [2.24, 2.45) is 0 Å². The second-order valence-electron chi connectivity index (χ2n) is 7.09. The molecule has 4 rings (SSSR count). The summed E-state index contributed by atoms with van der Waals surface area (Å²) in [6.07, 6.45) is 1.11. The molecule has 1 aliphatic heterocycles. The van der Waals surface area contributed by atoms with Gasteiger partial charge < -0.3 is 10.2 Å². The summed E-state index contributed by atoms with van der Waals surface area (Å²) in [6, 6.07) is 23.9. The summed E-state index contributed by atoms with van der Waals surface area (Å²) in [6.45, 7) is 7.43. The minimum absolute atomic E-state index is 0. The normalized spacial score (nSPS) is 12.1. The average molecular weight is 391 g/mol. The van der Waals surface area contributed by atoms with Crippen molar-refractivity contribution in [3.05, 3.63) is 83.4 Å². The molecule has 0 saturated carbocycles. The van der Waals surface area contributed by atoms with E-state index in [0.29, 0.717) is 0 Å². The van der Waals surface area contributed by atoms with Gasteiger partial charge in [0.15, 0.2) is 0 Å². The lowest BCUT2D eigenvalue weighted by molar-refractivity contribution is 0.649. The molecule has 0 fully saturated rings. The van der Waals surface area contributed by atoms with Crippen LogP contribution in [0.2, 0.25) is 0 Å². The van der Waals surface area contributed by atoms with Gasteiger partial charge in [-0.25, -0.2) is 0 Å². The predicted molar refractivity (Wildman–Crippen MR) is 123 cm³/mol. The predicted octanol–water partition coefficient (Wildman–Crippen LogP) is 6.72. The number of benzene rings is 3. The van der Waals surface area contributed by atoms with Gasteiger partial charge in [-0.3, -0.25) is 0 Å². The molecule has 0 bridgehead atoms. The number of nitrogens with one attached hydrogen (secondary N) is 1. The number of rotatable bonds is 6. The molecule has 0 unspecified atom stereocenters. The van der Waals surface area contributed by atoms with Crippen molar-refractivity contribution in [2.75, 3.05) is 18.0 Å². The van der Waals surface area contributed by atoms with Gasteiger partial charge in [0.1, 0.15) is 0 Å². The van der Waals surface area contributed by atoms with Crippen molar-refractivity contribution in [3.8, 4) is 0 Å². The number of hydrogen-bond donors (Lipinski definition) is 1. The Labute approximate surface area is 174 Å². The van der Waals surface area contributed by atoms with Crippen LogP contribution in [0.5, 0.6) is 0 Å². The van der Waals surface area contributed by atoms with Gasteiger partial charge in [0, 0.05) is 22.9 Å². The smallest absolute Gasteiger partial charge is 0.0585 e. The molecule has 0 spiro atoms. The Bertz CT molecular complexity index is 921. The highest BCUT2D eigenvalue weighted by Crippen LogP contribution is 2.49. The number of anilines is 2. The molecule has 0 aliphatic carbocycles. The van der Waals surface area contributed by atoms with Crippen LogP contribution in [-0.4, -0.2) is 13.1 Å². The van der Waals surface area contributed by atoms with E-state index in [0.717, 1.165) is 26.1 Å². The Balaban J connectivity index is 0.00000225. The van der Waals surface area contributed by atoms with Crippen molar-refractivity contribution in [3.63, 3.8) is 0 Å². The summed E-state index contributed by atoms with van der Waals surface area (Å²) < 4.78 is 0. The Morgan fingerprint density at radius 2 is 1.61 bits per heavy atom. The second kappa shape index (κ2) is 9.31.